The van der Waals surface area contributed by atoms with Gasteiger partial charge in [-0.1, -0.05) is 30.3 Å². The number of rotatable bonds is 3. The van der Waals surface area contributed by atoms with E-state index in [1.165, 1.54) is 4.68 Å². The summed E-state index contributed by atoms with van der Waals surface area (Å²) in [7, 11) is 1.69. The second-order valence-electron chi connectivity index (χ2n) is 3.75. The molecule has 2 aromatic rings. The van der Waals surface area contributed by atoms with Crippen molar-refractivity contribution in [1.82, 2.24) is 15.1 Å². The lowest BCUT2D eigenvalue weighted by Crippen LogP contribution is -2.25. The quantitative estimate of drug-likeness (QED) is 0.824. The number of aromatic nitrogens is 2. The van der Waals surface area contributed by atoms with Gasteiger partial charge in [-0.3, -0.25) is 9.48 Å². The zero-order valence-corrected chi connectivity index (χ0v) is 9.55. The summed E-state index contributed by atoms with van der Waals surface area (Å²) in [5, 5.41) is 6.73. The summed E-state index contributed by atoms with van der Waals surface area (Å²) in [6, 6.07) is 11.3. The molecule has 1 aromatic heterocycles. The molecule has 5 heteroatoms. The highest BCUT2D eigenvalue weighted by atomic mass is 16.2. The molecule has 5 nitrogen and oxygen atoms in total. The fourth-order valence-corrected chi connectivity index (χ4v) is 1.57. The summed E-state index contributed by atoms with van der Waals surface area (Å²) in [6.45, 7) is 0.491. The molecule has 0 fully saturated rings. The largest absolute Gasteiger partial charge is 0.382 e. The van der Waals surface area contributed by atoms with Gasteiger partial charge in [0, 0.05) is 19.7 Å². The third-order valence-corrected chi connectivity index (χ3v) is 2.43. The summed E-state index contributed by atoms with van der Waals surface area (Å²) in [6.07, 6.45) is 0. The molecule has 0 spiro atoms. The lowest BCUT2D eigenvalue weighted by Gasteiger charge is -2.04. The van der Waals surface area contributed by atoms with Gasteiger partial charge in [0.1, 0.15) is 11.5 Å². The van der Waals surface area contributed by atoms with Crippen LogP contribution in [0, 0.1) is 0 Å². The Morgan fingerprint density at radius 1 is 1.41 bits per heavy atom. The number of aryl methyl sites for hydroxylation is 1. The molecule has 0 aliphatic rings. The Morgan fingerprint density at radius 2 is 2.12 bits per heavy atom. The number of carbonyl (C=O) groups excluding carboxylic acids is 1. The van der Waals surface area contributed by atoms with Gasteiger partial charge in [0.15, 0.2) is 0 Å². The SMILES string of the molecule is Cn1nc(N)cc1C(=O)NCc1ccccc1. The van der Waals surface area contributed by atoms with Gasteiger partial charge in [-0.2, -0.15) is 5.10 Å². The van der Waals surface area contributed by atoms with E-state index in [1.807, 2.05) is 30.3 Å². The molecule has 1 aromatic carbocycles. The molecule has 1 amide bonds. The number of hydrogen-bond donors (Lipinski definition) is 2. The van der Waals surface area contributed by atoms with E-state index in [1.54, 1.807) is 13.1 Å². The van der Waals surface area contributed by atoms with Gasteiger partial charge in [0.25, 0.3) is 5.91 Å². The zero-order chi connectivity index (χ0) is 12.3. The predicted octanol–water partition coefficient (Wildman–Crippen LogP) is 0.932. The van der Waals surface area contributed by atoms with E-state index in [9.17, 15) is 4.79 Å². The lowest BCUT2D eigenvalue weighted by atomic mass is 10.2. The third-order valence-electron chi connectivity index (χ3n) is 2.43. The first-order valence-electron chi connectivity index (χ1n) is 5.28. The van der Waals surface area contributed by atoms with Gasteiger partial charge < -0.3 is 11.1 Å². The van der Waals surface area contributed by atoms with Crippen molar-refractivity contribution in [3.63, 3.8) is 0 Å². The van der Waals surface area contributed by atoms with Gasteiger partial charge in [-0.15, -0.1) is 0 Å². The summed E-state index contributed by atoms with van der Waals surface area (Å²) in [4.78, 5) is 11.8. The molecule has 17 heavy (non-hydrogen) atoms. The van der Waals surface area contributed by atoms with Crippen molar-refractivity contribution in [1.29, 1.82) is 0 Å². The molecule has 0 aliphatic carbocycles. The Hall–Kier alpha value is -2.30. The highest BCUT2D eigenvalue weighted by Crippen LogP contribution is 2.04. The molecule has 0 bridgehead atoms. The average molecular weight is 230 g/mol. The minimum atomic E-state index is -0.180. The van der Waals surface area contributed by atoms with E-state index in [-0.39, 0.29) is 5.91 Å². The maximum Gasteiger partial charge on any atom is 0.269 e. The first-order chi connectivity index (χ1) is 8.16. The Morgan fingerprint density at radius 3 is 2.71 bits per heavy atom. The number of nitrogens with one attached hydrogen (secondary N) is 1. The molecule has 0 aliphatic heterocycles. The van der Waals surface area contributed by atoms with Crippen molar-refractivity contribution in [3.8, 4) is 0 Å². The molecule has 2 rings (SSSR count). The minimum Gasteiger partial charge on any atom is -0.382 e. The minimum absolute atomic E-state index is 0.180. The average Bonchev–Trinajstić information content (AvgIpc) is 2.67. The van der Waals surface area contributed by atoms with Gasteiger partial charge in [0.2, 0.25) is 0 Å². The highest BCUT2D eigenvalue weighted by Gasteiger charge is 2.11. The van der Waals surface area contributed by atoms with Crippen LogP contribution in [0.5, 0.6) is 0 Å². The molecule has 0 unspecified atom stereocenters. The van der Waals surface area contributed by atoms with Crippen LogP contribution in [0.4, 0.5) is 5.82 Å². The number of carbonyl (C=O) groups is 1. The molecule has 0 radical (unpaired) electrons. The van der Waals surface area contributed by atoms with Crippen LogP contribution in [-0.2, 0) is 13.6 Å². The van der Waals surface area contributed by atoms with Gasteiger partial charge >= 0.3 is 0 Å². The zero-order valence-electron chi connectivity index (χ0n) is 9.55. The van der Waals surface area contributed by atoms with E-state index in [0.717, 1.165) is 5.56 Å². The molecule has 0 saturated heterocycles. The van der Waals surface area contributed by atoms with Crippen LogP contribution in [0.25, 0.3) is 0 Å². The molecule has 1 heterocycles. The Kier molecular flexibility index (Phi) is 3.09. The first kappa shape index (κ1) is 11.2. The van der Waals surface area contributed by atoms with Crippen molar-refractivity contribution >= 4 is 11.7 Å². The Labute approximate surface area is 99.2 Å². The molecule has 3 N–H and O–H groups in total. The maximum atomic E-state index is 11.8. The molecule has 0 atom stereocenters. The molecular weight excluding hydrogens is 216 g/mol. The summed E-state index contributed by atoms with van der Waals surface area (Å²) >= 11 is 0. The predicted molar refractivity (Wildman–Crippen MR) is 65.2 cm³/mol. The van der Waals surface area contributed by atoms with Crippen molar-refractivity contribution in [3.05, 3.63) is 47.7 Å². The first-order valence-corrected chi connectivity index (χ1v) is 5.28. The van der Waals surface area contributed by atoms with Crippen LogP contribution in [0.15, 0.2) is 36.4 Å². The monoisotopic (exact) mass is 230 g/mol. The van der Waals surface area contributed by atoms with Crippen molar-refractivity contribution in [2.75, 3.05) is 5.73 Å². The number of nitrogens with two attached hydrogens (primary N) is 1. The maximum absolute atomic E-state index is 11.8. The number of nitrogen functional groups attached to an aromatic ring is 1. The highest BCUT2D eigenvalue weighted by molar-refractivity contribution is 5.93. The van der Waals surface area contributed by atoms with Crippen LogP contribution in [-0.4, -0.2) is 15.7 Å². The van der Waals surface area contributed by atoms with Gasteiger partial charge in [-0.05, 0) is 5.56 Å². The molecule has 88 valence electrons. The van der Waals surface area contributed by atoms with E-state index in [2.05, 4.69) is 10.4 Å². The van der Waals surface area contributed by atoms with Crippen molar-refractivity contribution < 1.29 is 4.79 Å². The number of amides is 1. The molecule has 0 saturated carbocycles. The number of benzene rings is 1. The lowest BCUT2D eigenvalue weighted by molar-refractivity contribution is 0.0941. The Bertz CT molecular complexity index is 519. The second kappa shape index (κ2) is 4.69. The number of anilines is 1. The van der Waals surface area contributed by atoms with Crippen LogP contribution < -0.4 is 11.1 Å². The number of nitrogens with zero attached hydrogens (tertiary/aromatic N) is 2. The van der Waals surface area contributed by atoms with Gasteiger partial charge in [-0.25, -0.2) is 0 Å². The number of hydrogen-bond acceptors (Lipinski definition) is 3. The summed E-state index contributed by atoms with van der Waals surface area (Å²) in [5.74, 6) is 0.165. The fraction of sp³-hybridized carbons (Fsp3) is 0.167. The second-order valence-corrected chi connectivity index (χ2v) is 3.75. The smallest absolute Gasteiger partial charge is 0.269 e. The van der Waals surface area contributed by atoms with Gasteiger partial charge in [0.05, 0.1) is 0 Å². The van der Waals surface area contributed by atoms with E-state index in [0.29, 0.717) is 18.1 Å². The topological polar surface area (TPSA) is 72.9 Å². The van der Waals surface area contributed by atoms with Crippen LogP contribution in [0.1, 0.15) is 16.1 Å². The molecular formula is C12H14N4O. The van der Waals surface area contributed by atoms with E-state index >= 15 is 0 Å². The van der Waals surface area contributed by atoms with E-state index < -0.39 is 0 Å². The third kappa shape index (κ3) is 2.63. The van der Waals surface area contributed by atoms with Crippen LogP contribution in [0.2, 0.25) is 0 Å². The summed E-state index contributed by atoms with van der Waals surface area (Å²) in [5.41, 5.74) is 7.02. The van der Waals surface area contributed by atoms with Crippen LogP contribution >= 0.6 is 0 Å². The van der Waals surface area contributed by atoms with E-state index in [4.69, 9.17) is 5.73 Å². The van der Waals surface area contributed by atoms with Crippen molar-refractivity contribution in [2.24, 2.45) is 7.05 Å². The Balaban J connectivity index is 2.01. The van der Waals surface area contributed by atoms with Crippen LogP contribution in [0.3, 0.4) is 0 Å². The standard InChI is InChI=1S/C12H14N4O/c1-16-10(7-11(13)15-16)12(17)14-8-9-5-3-2-4-6-9/h2-7H,8H2,1H3,(H2,13,15)(H,14,17). The normalized spacial score (nSPS) is 10.2. The van der Waals surface area contributed by atoms with Crippen molar-refractivity contribution in [2.45, 2.75) is 6.54 Å². The fourth-order valence-electron chi connectivity index (χ4n) is 1.57. The summed E-state index contributed by atoms with van der Waals surface area (Å²) < 4.78 is 1.47.